The molecule has 2 fully saturated rings. The Kier molecular flexibility index (Phi) is 10.1. The van der Waals surface area contributed by atoms with Gasteiger partial charge in [-0.05, 0) is 63.4 Å². The second kappa shape index (κ2) is 14.4. The van der Waals surface area contributed by atoms with Crippen molar-refractivity contribution >= 4 is 40.9 Å². The number of carbonyl (C=O) groups excluding carboxylic acids is 2. The number of anilines is 1. The fraction of sp³-hybridized carbons (Fsp3) is 0.471. The van der Waals surface area contributed by atoms with Crippen LogP contribution in [0.1, 0.15) is 60.3 Å². The number of aliphatic imine (C=N–C) groups is 1. The van der Waals surface area contributed by atoms with Crippen molar-refractivity contribution in [2.45, 2.75) is 57.3 Å². The zero-order chi connectivity index (χ0) is 33.1. The summed E-state index contributed by atoms with van der Waals surface area (Å²) in [7, 11) is 3.83. The maximum Gasteiger partial charge on any atom is 0.255 e. The van der Waals surface area contributed by atoms with Gasteiger partial charge in [0.1, 0.15) is 11.9 Å². The molecule has 248 valence electrons. The average molecular weight is 661 g/mol. The third-order valence-electron chi connectivity index (χ3n) is 9.33. The molecule has 12 nitrogen and oxygen atoms in total. The molecular weight excluding hydrogens is 620 g/mol. The number of benzene rings is 1. The minimum atomic E-state index is -0.786. The van der Waals surface area contributed by atoms with Crippen LogP contribution in [0.5, 0.6) is 0 Å². The molecule has 2 amide bonds. The highest BCUT2D eigenvalue weighted by Gasteiger charge is 2.35. The van der Waals surface area contributed by atoms with E-state index < -0.39 is 12.1 Å². The minimum absolute atomic E-state index is 0.255. The van der Waals surface area contributed by atoms with Gasteiger partial charge in [0.15, 0.2) is 0 Å². The molecule has 1 saturated carbocycles. The first-order valence-corrected chi connectivity index (χ1v) is 16.5. The molecule has 0 unspecified atom stereocenters. The summed E-state index contributed by atoms with van der Waals surface area (Å²) < 4.78 is 5.46. The summed E-state index contributed by atoms with van der Waals surface area (Å²) in [6.45, 7) is 5.24. The van der Waals surface area contributed by atoms with Gasteiger partial charge in [-0.15, -0.1) is 0 Å². The van der Waals surface area contributed by atoms with Crippen LogP contribution in [-0.4, -0.2) is 106 Å². The first kappa shape index (κ1) is 33.0. The van der Waals surface area contributed by atoms with Crippen molar-refractivity contribution in [3.8, 4) is 11.3 Å². The Bertz CT molecular complexity index is 1650. The summed E-state index contributed by atoms with van der Waals surface area (Å²) in [5.41, 5.74) is 4.05. The van der Waals surface area contributed by atoms with E-state index >= 15 is 0 Å². The number of halogens is 1. The summed E-state index contributed by atoms with van der Waals surface area (Å²) in [6.07, 6.45) is 5.27. The number of aliphatic hydroxyl groups is 1. The number of hydrogen-bond acceptors (Lipinski definition) is 10. The van der Waals surface area contributed by atoms with Gasteiger partial charge in [-0.3, -0.25) is 9.59 Å². The van der Waals surface area contributed by atoms with Crippen molar-refractivity contribution in [1.29, 1.82) is 0 Å². The van der Waals surface area contributed by atoms with E-state index in [2.05, 4.69) is 37.1 Å². The summed E-state index contributed by atoms with van der Waals surface area (Å²) >= 11 is 6.52. The molecule has 3 aliphatic rings. The number of amides is 2. The van der Waals surface area contributed by atoms with E-state index in [9.17, 15) is 14.7 Å². The Balaban J connectivity index is 1.14. The van der Waals surface area contributed by atoms with Gasteiger partial charge in [0.2, 0.25) is 11.9 Å². The molecule has 47 heavy (non-hydrogen) atoms. The van der Waals surface area contributed by atoms with Crippen molar-refractivity contribution in [2.24, 2.45) is 4.99 Å². The Morgan fingerprint density at radius 2 is 1.91 bits per heavy atom. The molecule has 4 heterocycles. The van der Waals surface area contributed by atoms with Gasteiger partial charge in [-0.25, -0.2) is 19.9 Å². The standard InChI is InChI=1S/C34H41ClN8O4/c1-21(32(45)39-29(20-44)28-5-4-6-30(38-28)42-15-13-41(2)14-16-42)43-19-23-8-7-22(17-26(23)33(43)46)31-27(35)18-36-34(40-31)37-24-9-11-25(47-3)12-10-24/h4-8,17-18,21,25,29,44H,9-16,19-20H2,1-3H3,(H,39,45)/t21-,25?,29-/m1/s1. The number of methoxy groups -OCH3 is 1. The van der Waals surface area contributed by atoms with E-state index in [1.165, 1.54) is 11.1 Å². The van der Waals surface area contributed by atoms with Crippen molar-refractivity contribution in [3.05, 3.63) is 64.4 Å². The number of likely N-dealkylation sites (N-methyl/N-ethyl adjacent to an activating group) is 1. The van der Waals surface area contributed by atoms with E-state index in [0.29, 0.717) is 33.5 Å². The number of aliphatic hydroxyl groups excluding tert-OH is 1. The van der Waals surface area contributed by atoms with Gasteiger partial charge < -0.3 is 29.9 Å². The zero-order valence-electron chi connectivity index (χ0n) is 27.0. The third-order valence-corrected chi connectivity index (χ3v) is 9.61. The molecule has 1 saturated heterocycles. The smallest absolute Gasteiger partial charge is 0.255 e. The quantitative estimate of drug-likeness (QED) is 0.351. The van der Waals surface area contributed by atoms with Crippen LogP contribution in [0.4, 0.5) is 11.8 Å². The highest BCUT2D eigenvalue weighted by atomic mass is 35.5. The molecule has 2 aliphatic heterocycles. The molecule has 6 rings (SSSR count). The molecule has 2 aromatic heterocycles. The van der Waals surface area contributed by atoms with Crippen LogP contribution in [0.15, 0.2) is 47.6 Å². The largest absolute Gasteiger partial charge is 0.394 e. The Morgan fingerprint density at radius 1 is 1.15 bits per heavy atom. The molecule has 0 bridgehead atoms. The van der Waals surface area contributed by atoms with Crippen LogP contribution in [-0.2, 0) is 16.1 Å². The van der Waals surface area contributed by atoms with Crippen molar-refractivity contribution < 1.29 is 19.4 Å². The van der Waals surface area contributed by atoms with Gasteiger partial charge in [0.25, 0.3) is 5.91 Å². The zero-order valence-corrected chi connectivity index (χ0v) is 27.8. The second-order valence-electron chi connectivity index (χ2n) is 12.4. The molecule has 2 N–H and O–H groups in total. The first-order valence-electron chi connectivity index (χ1n) is 16.1. The number of aromatic nitrogens is 3. The molecule has 1 aromatic carbocycles. The van der Waals surface area contributed by atoms with Gasteiger partial charge in [0.05, 0.1) is 41.4 Å². The Labute approximate surface area is 279 Å². The van der Waals surface area contributed by atoms with Gasteiger partial charge >= 0.3 is 0 Å². The van der Waals surface area contributed by atoms with E-state index in [4.69, 9.17) is 21.3 Å². The van der Waals surface area contributed by atoms with Crippen LogP contribution >= 0.6 is 11.6 Å². The number of fused-ring (bicyclic) bond motifs is 1. The maximum absolute atomic E-state index is 13.6. The van der Waals surface area contributed by atoms with Crippen LogP contribution < -0.4 is 10.2 Å². The van der Waals surface area contributed by atoms with E-state index in [1.807, 2.05) is 24.3 Å². The van der Waals surface area contributed by atoms with Crippen LogP contribution in [0, 0.1) is 0 Å². The molecule has 0 radical (unpaired) electrons. The summed E-state index contributed by atoms with van der Waals surface area (Å²) in [4.78, 5) is 51.5. The molecule has 3 aromatic rings. The first-order chi connectivity index (χ1) is 22.7. The molecule has 13 heteroatoms. The fourth-order valence-electron chi connectivity index (χ4n) is 6.30. The van der Waals surface area contributed by atoms with E-state index in [-0.39, 0.29) is 31.1 Å². The van der Waals surface area contributed by atoms with Crippen LogP contribution in [0.3, 0.4) is 0 Å². The number of ether oxygens (including phenoxy) is 1. The van der Waals surface area contributed by atoms with Crippen LogP contribution in [0.25, 0.3) is 11.3 Å². The van der Waals surface area contributed by atoms with Crippen molar-refractivity contribution in [2.75, 3.05) is 51.8 Å². The predicted molar refractivity (Wildman–Crippen MR) is 180 cm³/mol. The number of hydrogen-bond donors (Lipinski definition) is 2. The highest BCUT2D eigenvalue weighted by Crippen LogP contribution is 2.33. The maximum atomic E-state index is 13.6. The predicted octanol–water partition coefficient (Wildman–Crippen LogP) is 3.80. The normalized spacial score (nSPS) is 19.8. The third kappa shape index (κ3) is 7.30. The Hall–Kier alpha value is -3.97. The number of rotatable bonds is 9. The lowest BCUT2D eigenvalue weighted by Crippen LogP contribution is -2.47. The SMILES string of the molecule is COC1CCC(=Nc2ncc(Cl)c(-c3ccc4c(c3)C(=O)N([C@H](C)C(=O)N[C@H](CO)c3cccc(N5CCN(C)CC5)n3)C4)n2)CC1. The summed E-state index contributed by atoms with van der Waals surface area (Å²) in [5.74, 6) is 0.506. The Morgan fingerprint density at radius 3 is 2.64 bits per heavy atom. The summed E-state index contributed by atoms with van der Waals surface area (Å²) in [6, 6.07) is 9.64. The monoisotopic (exact) mass is 660 g/mol. The number of nitrogens with one attached hydrogen (secondary N) is 1. The molecule has 2 atom stereocenters. The number of piperazine rings is 1. The average Bonchev–Trinajstić information content (AvgIpc) is 3.43. The highest BCUT2D eigenvalue weighted by molar-refractivity contribution is 6.33. The van der Waals surface area contributed by atoms with Crippen molar-refractivity contribution in [1.82, 2.24) is 30.1 Å². The minimum Gasteiger partial charge on any atom is -0.394 e. The van der Waals surface area contributed by atoms with E-state index in [0.717, 1.165) is 69.0 Å². The number of pyridine rings is 1. The van der Waals surface area contributed by atoms with Crippen molar-refractivity contribution in [3.63, 3.8) is 0 Å². The number of nitrogens with zero attached hydrogens (tertiary/aromatic N) is 7. The lowest BCUT2D eigenvalue weighted by molar-refractivity contribution is -0.126. The fourth-order valence-corrected chi connectivity index (χ4v) is 6.50. The van der Waals surface area contributed by atoms with Gasteiger partial charge in [-0.2, -0.15) is 0 Å². The van der Waals surface area contributed by atoms with Gasteiger partial charge in [0, 0.05) is 56.7 Å². The van der Waals surface area contributed by atoms with Crippen LogP contribution in [0.2, 0.25) is 5.02 Å². The lowest BCUT2D eigenvalue weighted by Gasteiger charge is -2.33. The molecular formula is C34H41ClN8O4. The molecule has 0 spiro atoms. The summed E-state index contributed by atoms with van der Waals surface area (Å²) in [5, 5.41) is 13.5. The van der Waals surface area contributed by atoms with Gasteiger partial charge in [-0.1, -0.05) is 29.8 Å². The topological polar surface area (TPSA) is 136 Å². The lowest BCUT2D eigenvalue weighted by atomic mass is 9.96. The second-order valence-corrected chi connectivity index (χ2v) is 12.8. The number of carbonyl (C=O) groups is 2. The van der Waals surface area contributed by atoms with E-state index in [1.54, 1.807) is 26.2 Å². The molecule has 1 aliphatic carbocycles.